The standard InChI is InChI=1S/C29H39FN2O10/c1-28-8-7-16(33)11-20(28)21(30)12-17-18-5-6-19(29(18,2)14-23(34)26(17)28)24(35)15-41-25(36)13-22(31)27(37)40-9-3-4-10-42-32(38)39/h7-8,11,17-19,21-23,26,34H,3-6,9-10,12-15,31H2,1-2H3/t17-,18?,19?,21-,22?,23-,26+,28-,29-/m0/s1. The Bertz CT molecular complexity index is 1170. The first-order valence-electron chi connectivity index (χ1n) is 14.4. The molecule has 3 fully saturated rings. The van der Waals surface area contributed by atoms with E-state index in [0.717, 1.165) is 0 Å². The van der Waals surface area contributed by atoms with Crippen LogP contribution in [0.1, 0.15) is 58.8 Å². The number of halogens is 1. The van der Waals surface area contributed by atoms with E-state index in [9.17, 15) is 34.4 Å². The average molecular weight is 595 g/mol. The first kappa shape index (κ1) is 31.7. The normalized spacial score (nSPS) is 35.6. The first-order chi connectivity index (χ1) is 19.8. The highest BCUT2D eigenvalue weighted by atomic mass is 19.1. The molecule has 3 N–H and O–H groups in total. The number of allylic oxidation sites excluding steroid dienone is 4. The van der Waals surface area contributed by atoms with Gasteiger partial charge in [-0.15, -0.1) is 10.1 Å². The number of hydrogen-bond acceptors (Lipinski definition) is 11. The fourth-order valence-corrected chi connectivity index (χ4v) is 8.06. The number of hydrogen-bond donors (Lipinski definition) is 2. The maximum Gasteiger partial charge on any atom is 0.323 e. The van der Waals surface area contributed by atoms with E-state index in [1.165, 1.54) is 12.2 Å². The van der Waals surface area contributed by atoms with Crippen molar-refractivity contribution >= 4 is 23.5 Å². The Hall–Kier alpha value is -3.19. The van der Waals surface area contributed by atoms with Gasteiger partial charge in [0.15, 0.2) is 11.6 Å². The van der Waals surface area contributed by atoms with Crippen molar-refractivity contribution < 1.29 is 48.1 Å². The van der Waals surface area contributed by atoms with Gasteiger partial charge in [-0.25, -0.2) is 4.39 Å². The summed E-state index contributed by atoms with van der Waals surface area (Å²) in [6.07, 6.45) is 4.23. The van der Waals surface area contributed by atoms with E-state index < -0.39 is 65.1 Å². The van der Waals surface area contributed by atoms with Gasteiger partial charge in [0.05, 0.1) is 25.7 Å². The largest absolute Gasteiger partial charge is 0.465 e. The van der Waals surface area contributed by atoms with Gasteiger partial charge in [-0.1, -0.05) is 19.9 Å². The number of esters is 2. The summed E-state index contributed by atoms with van der Waals surface area (Å²) in [5, 5.41) is 20.6. The highest BCUT2D eigenvalue weighted by Crippen LogP contribution is 2.66. The Balaban J connectivity index is 1.29. The summed E-state index contributed by atoms with van der Waals surface area (Å²) in [7, 11) is 0. The van der Waals surface area contributed by atoms with Gasteiger partial charge in [-0.2, -0.15) is 0 Å². The molecule has 13 heteroatoms. The molecule has 232 valence electrons. The Morgan fingerprint density at radius 2 is 1.93 bits per heavy atom. The lowest BCUT2D eigenvalue weighted by Crippen LogP contribution is -2.58. The van der Waals surface area contributed by atoms with Gasteiger partial charge in [0.25, 0.3) is 5.09 Å². The summed E-state index contributed by atoms with van der Waals surface area (Å²) in [6, 6.07) is -1.30. The van der Waals surface area contributed by atoms with Gasteiger partial charge < -0.3 is 25.2 Å². The van der Waals surface area contributed by atoms with Gasteiger partial charge >= 0.3 is 11.9 Å². The lowest BCUT2D eigenvalue weighted by molar-refractivity contribution is -0.757. The quantitative estimate of drug-likeness (QED) is 0.146. The van der Waals surface area contributed by atoms with Gasteiger partial charge in [0.2, 0.25) is 0 Å². The van der Waals surface area contributed by atoms with Crippen molar-refractivity contribution in [2.75, 3.05) is 19.8 Å². The third kappa shape index (κ3) is 6.26. The Labute approximate surface area is 242 Å². The second kappa shape index (κ2) is 12.6. The number of rotatable bonds is 12. The van der Waals surface area contributed by atoms with Gasteiger partial charge in [0.1, 0.15) is 18.8 Å². The lowest BCUT2D eigenvalue weighted by Gasteiger charge is -2.59. The molecule has 0 radical (unpaired) electrons. The number of carbonyl (C=O) groups excluding carboxylic acids is 4. The number of nitrogens with two attached hydrogens (primary N) is 1. The van der Waals surface area contributed by atoms with Crippen LogP contribution in [0.25, 0.3) is 0 Å². The molecule has 4 rings (SSSR count). The number of aliphatic hydroxyl groups is 1. The molecule has 4 aliphatic rings. The highest BCUT2D eigenvalue weighted by molar-refractivity contribution is 6.01. The van der Waals surface area contributed by atoms with Crippen molar-refractivity contribution in [2.45, 2.75) is 77.1 Å². The van der Waals surface area contributed by atoms with Crippen molar-refractivity contribution in [3.8, 4) is 0 Å². The summed E-state index contributed by atoms with van der Waals surface area (Å²) < 4.78 is 25.6. The summed E-state index contributed by atoms with van der Waals surface area (Å²) in [5.41, 5.74) is 4.76. The lowest BCUT2D eigenvalue weighted by atomic mass is 9.46. The molecule has 0 aromatic carbocycles. The molecule has 3 saturated carbocycles. The number of carbonyl (C=O) groups is 4. The monoisotopic (exact) mass is 594 g/mol. The summed E-state index contributed by atoms with van der Waals surface area (Å²) in [4.78, 5) is 63.9. The van der Waals surface area contributed by atoms with Crippen LogP contribution in [-0.2, 0) is 33.5 Å². The molecule has 3 unspecified atom stereocenters. The van der Waals surface area contributed by atoms with Crippen LogP contribution in [0, 0.1) is 44.6 Å². The number of fused-ring (bicyclic) bond motifs is 5. The van der Waals surface area contributed by atoms with Crippen molar-refractivity contribution in [1.82, 2.24) is 0 Å². The minimum Gasteiger partial charge on any atom is -0.465 e. The minimum atomic E-state index is -1.31. The smallest absolute Gasteiger partial charge is 0.323 e. The van der Waals surface area contributed by atoms with Crippen LogP contribution in [0.5, 0.6) is 0 Å². The number of Topliss-reactive ketones (excluding diaryl/α,β-unsaturated/α-hetero) is 1. The van der Waals surface area contributed by atoms with E-state index in [2.05, 4.69) is 4.84 Å². The Morgan fingerprint density at radius 1 is 1.21 bits per heavy atom. The zero-order valence-corrected chi connectivity index (χ0v) is 23.9. The molecule has 0 aliphatic heterocycles. The molecule has 0 aromatic rings. The van der Waals surface area contributed by atoms with Crippen LogP contribution in [0.15, 0.2) is 23.8 Å². The van der Waals surface area contributed by atoms with Crippen LogP contribution < -0.4 is 5.73 Å². The summed E-state index contributed by atoms with van der Waals surface area (Å²) >= 11 is 0. The minimum absolute atomic E-state index is 0.0208. The first-order valence-corrected chi connectivity index (χ1v) is 14.4. The topological polar surface area (TPSA) is 185 Å². The number of unbranched alkanes of at least 4 members (excludes halogenated alkanes) is 1. The van der Waals surface area contributed by atoms with Gasteiger partial charge in [0, 0.05) is 17.3 Å². The maximum absolute atomic E-state index is 15.5. The zero-order chi connectivity index (χ0) is 30.8. The van der Waals surface area contributed by atoms with Crippen LogP contribution in [-0.4, -0.2) is 71.8 Å². The fourth-order valence-electron chi connectivity index (χ4n) is 8.06. The van der Waals surface area contributed by atoms with Crippen molar-refractivity contribution in [3.05, 3.63) is 33.9 Å². The van der Waals surface area contributed by atoms with E-state index in [0.29, 0.717) is 31.3 Å². The number of aliphatic hydroxyl groups excluding tert-OH is 1. The predicted molar refractivity (Wildman–Crippen MR) is 143 cm³/mol. The maximum atomic E-state index is 15.5. The van der Waals surface area contributed by atoms with E-state index in [4.69, 9.17) is 15.2 Å². The second-order valence-corrected chi connectivity index (χ2v) is 12.4. The van der Waals surface area contributed by atoms with Crippen molar-refractivity contribution in [2.24, 2.45) is 40.2 Å². The van der Waals surface area contributed by atoms with Gasteiger partial charge in [-0.05, 0) is 73.5 Å². The highest BCUT2D eigenvalue weighted by Gasteiger charge is 2.64. The fraction of sp³-hybridized carbons (Fsp3) is 0.724. The third-order valence-corrected chi connectivity index (χ3v) is 9.91. The molecule has 0 aromatic heterocycles. The zero-order valence-electron chi connectivity index (χ0n) is 23.9. The Kier molecular flexibility index (Phi) is 9.51. The molecule has 0 amide bonds. The molecule has 0 bridgehead atoms. The number of ketones is 2. The Morgan fingerprint density at radius 3 is 2.64 bits per heavy atom. The van der Waals surface area contributed by atoms with E-state index in [1.54, 1.807) is 6.08 Å². The number of alkyl halides is 1. The van der Waals surface area contributed by atoms with E-state index >= 15 is 4.39 Å². The van der Waals surface area contributed by atoms with E-state index in [1.807, 2.05) is 13.8 Å². The third-order valence-electron chi connectivity index (χ3n) is 9.91. The molecule has 42 heavy (non-hydrogen) atoms. The molecule has 0 spiro atoms. The van der Waals surface area contributed by atoms with Crippen LogP contribution in [0.2, 0.25) is 0 Å². The van der Waals surface area contributed by atoms with Crippen molar-refractivity contribution in [3.63, 3.8) is 0 Å². The second-order valence-electron chi connectivity index (χ2n) is 12.4. The molecule has 0 heterocycles. The molecule has 0 saturated heterocycles. The number of ether oxygens (including phenoxy) is 2. The average Bonchev–Trinajstić information content (AvgIpc) is 3.26. The molecule has 9 atom stereocenters. The molecule has 4 aliphatic carbocycles. The van der Waals surface area contributed by atoms with Crippen molar-refractivity contribution in [1.29, 1.82) is 0 Å². The van der Waals surface area contributed by atoms with E-state index in [-0.39, 0.29) is 55.4 Å². The SMILES string of the molecule is C[C@]12C[C@H](O)[C@H]3[C@@H](C[C@H](F)C4=CC(=O)C=C[C@@]43C)C1CCC2C(=O)COC(=O)CC(N)C(=O)OCCCCO[N+](=O)[O-]. The molecular weight excluding hydrogens is 555 g/mol. The summed E-state index contributed by atoms with van der Waals surface area (Å²) in [5.74, 6) is -3.20. The number of nitrogens with zero attached hydrogens (tertiary/aromatic N) is 1. The molecule has 12 nitrogen and oxygen atoms in total. The molecular formula is C29H39FN2O10. The predicted octanol–water partition coefficient (Wildman–Crippen LogP) is 2.19. The van der Waals surface area contributed by atoms with Crippen LogP contribution in [0.4, 0.5) is 4.39 Å². The van der Waals surface area contributed by atoms with Gasteiger partial charge in [-0.3, -0.25) is 19.2 Å². The van der Waals surface area contributed by atoms with Crippen LogP contribution >= 0.6 is 0 Å². The van der Waals surface area contributed by atoms with Crippen LogP contribution in [0.3, 0.4) is 0 Å². The summed E-state index contributed by atoms with van der Waals surface area (Å²) in [6.45, 7) is 3.14.